The lowest BCUT2D eigenvalue weighted by atomic mass is 9.83. The predicted molar refractivity (Wildman–Crippen MR) is 73.2 cm³/mol. The van der Waals surface area contributed by atoms with Crippen molar-refractivity contribution < 1.29 is 9.59 Å². The summed E-state index contributed by atoms with van der Waals surface area (Å²) in [7, 11) is 0. The molecular formula is C13H20N2O2S. The van der Waals surface area contributed by atoms with Crippen LogP contribution >= 0.6 is 11.3 Å². The lowest BCUT2D eigenvalue weighted by Crippen LogP contribution is -2.60. The van der Waals surface area contributed by atoms with E-state index < -0.39 is 11.4 Å². The Balaban J connectivity index is 2.78. The number of carbonyl (C=O) groups excluding carboxylic acids is 2. The zero-order valence-corrected chi connectivity index (χ0v) is 11.8. The maximum absolute atomic E-state index is 12.0. The van der Waals surface area contributed by atoms with E-state index >= 15 is 0 Å². The van der Waals surface area contributed by atoms with Crippen molar-refractivity contribution in [2.24, 2.45) is 11.7 Å². The Bertz CT molecular complexity index is 415. The van der Waals surface area contributed by atoms with E-state index in [2.05, 4.69) is 5.32 Å². The Kier molecular flexibility index (Phi) is 4.90. The Morgan fingerprint density at radius 2 is 2.17 bits per heavy atom. The largest absolute Gasteiger partial charge is 0.368 e. The minimum atomic E-state index is -0.950. The molecule has 1 atom stereocenters. The van der Waals surface area contributed by atoms with Crippen LogP contribution in [0.15, 0.2) is 17.5 Å². The van der Waals surface area contributed by atoms with Crippen LogP contribution in [0.4, 0.5) is 0 Å². The molecule has 0 aliphatic rings. The first-order valence-electron chi connectivity index (χ1n) is 6.05. The van der Waals surface area contributed by atoms with Crippen LogP contribution in [0.1, 0.15) is 32.1 Å². The maximum Gasteiger partial charge on any atom is 0.243 e. The highest BCUT2D eigenvalue weighted by molar-refractivity contribution is 7.10. The number of nitrogens with one attached hydrogen (secondary N) is 1. The number of hydrogen-bond acceptors (Lipinski definition) is 3. The molecular weight excluding hydrogens is 248 g/mol. The lowest BCUT2D eigenvalue weighted by Gasteiger charge is -2.34. The first-order chi connectivity index (χ1) is 8.42. The first-order valence-corrected chi connectivity index (χ1v) is 6.93. The van der Waals surface area contributed by atoms with E-state index in [0.29, 0.717) is 12.8 Å². The number of amides is 2. The van der Waals surface area contributed by atoms with Gasteiger partial charge in [0.2, 0.25) is 11.8 Å². The third-order valence-electron chi connectivity index (χ3n) is 3.26. The smallest absolute Gasteiger partial charge is 0.243 e. The highest BCUT2D eigenvalue weighted by Crippen LogP contribution is 2.21. The van der Waals surface area contributed by atoms with Gasteiger partial charge in [0.05, 0.1) is 6.42 Å². The third kappa shape index (κ3) is 3.10. The van der Waals surface area contributed by atoms with Crippen molar-refractivity contribution in [1.29, 1.82) is 0 Å². The Morgan fingerprint density at radius 1 is 1.50 bits per heavy atom. The second kappa shape index (κ2) is 6.00. The van der Waals surface area contributed by atoms with Gasteiger partial charge in [0.1, 0.15) is 5.54 Å². The Morgan fingerprint density at radius 3 is 2.56 bits per heavy atom. The summed E-state index contributed by atoms with van der Waals surface area (Å²) in [5.41, 5.74) is 4.50. The molecule has 0 saturated heterocycles. The van der Waals surface area contributed by atoms with E-state index in [1.165, 1.54) is 11.3 Å². The minimum Gasteiger partial charge on any atom is -0.368 e. The van der Waals surface area contributed by atoms with E-state index in [4.69, 9.17) is 5.73 Å². The van der Waals surface area contributed by atoms with Crippen molar-refractivity contribution in [3.8, 4) is 0 Å². The molecule has 0 spiro atoms. The van der Waals surface area contributed by atoms with Crippen LogP contribution in [-0.2, 0) is 16.0 Å². The van der Waals surface area contributed by atoms with Gasteiger partial charge in [-0.2, -0.15) is 0 Å². The average Bonchev–Trinajstić information content (AvgIpc) is 2.77. The van der Waals surface area contributed by atoms with E-state index in [1.54, 1.807) is 0 Å². The lowest BCUT2D eigenvalue weighted by molar-refractivity contribution is -0.133. The van der Waals surface area contributed by atoms with Crippen molar-refractivity contribution in [2.45, 2.75) is 39.2 Å². The Labute approximate surface area is 112 Å². The van der Waals surface area contributed by atoms with Crippen LogP contribution in [0, 0.1) is 5.92 Å². The summed E-state index contributed by atoms with van der Waals surface area (Å²) in [6.45, 7) is 5.63. The molecule has 5 heteroatoms. The van der Waals surface area contributed by atoms with Gasteiger partial charge in [-0.1, -0.05) is 26.8 Å². The van der Waals surface area contributed by atoms with Gasteiger partial charge >= 0.3 is 0 Å². The average molecular weight is 268 g/mol. The molecule has 3 N–H and O–H groups in total. The van der Waals surface area contributed by atoms with Crippen LogP contribution in [0.25, 0.3) is 0 Å². The van der Waals surface area contributed by atoms with Crippen molar-refractivity contribution in [3.05, 3.63) is 22.4 Å². The van der Waals surface area contributed by atoms with Gasteiger partial charge < -0.3 is 11.1 Å². The minimum absolute atomic E-state index is 0.0349. The van der Waals surface area contributed by atoms with Crippen molar-refractivity contribution in [1.82, 2.24) is 5.32 Å². The fourth-order valence-corrected chi connectivity index (χ4v) is 2.73. The monoisotopic (exact) mass is 268 g/mol. The second-order valence-corrected chi connectivity index (χ2v) is 5.68. The fourth-order valence-electron chi connectivity index (χ4n) is 2.03. The predicted octanol–water partition coefficient (Wildman–Crippen LogP) is 1.70. The summed E-state index contributed by atoms with van der Waals surface area (Å²) in [6, 6.07) is 3.80. The molecule has 0 aromatic carbocycles. The van der Waals surface area contributed by atoms with Crippen LogP contribution in [0.2, 0.25) is 0 Å². The molecule has 1 rings (SSSR count). The standard InChI is InChI=1S/C13H20N2O2S/c1-4-13(9(2)3,12(14)17)15-11(16)8-10-6-5-7-18-10/h5-7,9H,4,8H2,1-3H3,(H2,14,17)(H,15,16). The van der Waals surface area contributed by atoms with E-state index in [-0.39, 0.29) is 11.8 Å². The second-order valence-electron chi connectivity index (χ2n) is 4.65. The van der Waals surface area contributed by atoms with Gasteiger partial charge in [0.15, 0.2) is 0 Å². The highest BCUT2D eigenvalue weighted by Gasteiger charge is 2.39. The molecule has 18 heavy (non-hydrogen) atoms. The fraction of sp³-hybridized carbons (Fsp3) is 0.538. The van der Waals surface area contributed by atoms with E-state index in [1.807, 2.05) is 38.3 Å². The number of hydrogen-bond donors (Lipinski definition) is 2. The quantitative estimate of drug-likeness (QED) is 0.824. The highest BCUT2D eigenvalue weighted by atomic mass is 32.1. The molecule has 1 unspecified atom stereocenters. The summed E-state index contributed by atoms with van der Waals surface area (Å²) in [5, 5.41) is 4.73. The van der Waals surface area contributed by atoms with E-state index in [9.17, 15) is 9.59 Å². The molecule has 0 bridgehead atoms. The Hall–Kier alpha value is -1.36. The molecule has 4 nitrogen and oxygen atoms in total. The summed E-state index contributed by atoms with van der Waals surface area (Å²) in [5.74, 6) is -0.668. The molecule has 0 radical (unpaired) electrons. The molecule has 1 heterocycles. The number of thiophene rings is 1. The van der Waals surface area contributed by atoms with Gasteiger partial charge in [-0.25, -0.2) is 0 Å². The molecule has 2 amide bonds. The van der Waals surface area contributed by atoms with Gasteiger partial charge in [0, 0.05) is 4.88 Å². The topological polar surface area (TPSA) is 72.2 Å². The number of rotatable bonds is 6. The zero-order valence-electron chi connectivity index (χ0n) is 11.0. The van der Waals surface area contributed by atoms with Crippen LogP contribution in [-0.4, -0.2) is 17.4 Å². The normalized spacial score (nSPS) is 14.2. The van der Waals surface area contributed by atoms with Crippen molar-refractivity contribution >= 4 is 23.2 Å². The summed E-state index contributed by atoms with van der Waals surface area (Å²) in [6.07, 6.45) is 0.787. The van der Waals surface area contributed by atoms with Gasteiger partial charge in [-0.3, -0.25) is 9.59 Å². The molecule has 100 valence electrons. The van der Waals surface area contributed by atoms with Crippen LogP contribution in [0.5, 0.6) is 0 Å². The van der Waals surface area contributed by atoms with E-state index in [0.717, 1.165) is 4.88 Å². The number of carbonyl (C=O) groups is 2. The first kappa shape index (κ1) is 14.7. The molecule has 0 aliphatic heterocycles. The number of nitrogens with two attached hydrogens (primary N) is 1. The molecule has 0 aliphatic carbocycles. The van der Waals surface area contributed by atoms with Crippen molar-refractivity contribution in [2.75, 3.05) is 0 Å². The molecule has 0 saturated carbocycles. The summed E-state index contributed by atoms with van der Waals surface area (Å²) < 4.78 is 0. The van der Waals surface area contributed by atoms with Gasteiger partial charge in [0.25, 0.3) is 0 Å². The maximum atomic E-state index is 12.0. The summed E-state index contributed by atoms with van der Waals surface area (Å²) >= 11 is 1.52. The molecule has 0 fully saturated rings. The third-order valence-corrected chi connectivity index (χ3v) is 4.14. The van der Waals surface area contributed by atoms with Gasteiger partial charge in [-0.05, 0) is 23.8 Å². The summed E-state index contributed by atoms with van der Waals surface area (Å²) in [4.78, 5) is 24.6. The van der Waals surface area contributed by atoms with Gasteiger partial charge in [-0.15, -0.1) is 11.3 Å². The van der Waals surface area contributed by atoms with Crippen LogP contribution in [0.3, 0.4) is 0 Å². The van der Waals surface area contributed by atoms with Crippen LogP contribution < -0.4 is 11.1 Å². The zero-order chi connectivity index (χ0) is 13.8. The SMILES string of the molecule is CCC(NC(=O)Cc1cccs1)(C(N)=O)C(C)C. The molecule has 1 aromatic heterocycles. The molecule has 1 aromatic rings. The number of primary amides is 1. The van der Waals surface area contributed by atoms with Crippen molar-refractivity contribution in [3.63, 3.8) is 0 Å².